The minimum atomic E-state index is -0.476. The molecule has 2 amide bonds. The number of nitrogens with zero attached hydrogens (tertiary/aromatic N) is 1. The summed E-state index contributed by atoms with van der Waals surface area (Å²) in [5.41, 5.74) is -0.193. The maximum atomic E-state index is 12.4. The summed E-state index contributed by atoms with van der Waals surface area (Å²) in [5.74, 6) is 0.267. The highest BCUT2D eigenvalue weighted by molar-refractivity contribution is 7.82. The van der Waals surface area contributed by atoms with E-state index in [9.17, 15) is 9.59 Å². The smallest absolute Gasteiger partial charge is 0.239 e. The van der Waals surface area contributed by atoms with Gasteiger partial charge in [-0.05, 0) is 66.0 Å². The second-order valence-electron chi connectivity index (χ2n) is 8.93. The molecule has 6 heteroatoms. The molecular formula is C20H39N3O2S. The molecule has 0 spiro atoms. The number of likely N-dealkylation sites (tertiary alicyclic amines) is 1. The third-order valence-electron chi connectivity index (χ3n) is 5.65. The van der Waals surface area contributed by atoms with Gasteiger partial charge >= 0.3 is 0 Å². The van der Waals surface area contributed by atoms with E-state index in [4.69, 9.17) is 12.6 Å². The Balaban J connectivity index is 2.48. The summed E-state index contributed by atoms with van der Waals surface area (Å²) in [6.07, 6.45) is 4.90. The van der Waals surface area contributed by atoms with Crippen LogP contribution in [-0.2, 0) is 9.59 Å². The fourth-order valence-corrected chi connectivity index (χ4v) is 3.94. The highest BCUT2D eigenvalue weighted by atomic mass is 32.1. The Morgan fingerprint density at radius 3 is 2.15 bits per heavy atom. The Hall–Kier alpha value is -0.750. The van der Waals surface area contributed by atoms with Crippen molar-refractivity contribution in [2.45, 2.75) is 90.0 Å². The molecule has 0 saturated carbocycles. The van der Waals surface area contributed by atoms with Gasteiger partial charge in [0.1, 0.15) is 0 Å². The average Bonchev–Trinajstić information content (AvgIpc) is 2.52. The van der Waals surface area contributed by atoms with Crippen molar-refractivity contribution in [3.05, 3.63) is 0 Å². The first-order chi connectivity index (χ1) is 12.0. The average molecular weight is 386 g/mol. The highest BCUT2D eigenvalue weighted by Gasteiger charge is 2.44. The third-order valence-corrected chi connectivity index (χ3v) is 6.35. The maximum Gasteiger partial charge on any atom is 0.239 e. The number of hydrogen-bond acceptors (Lipinski definition) is 4. The van der Waals surface area contributed by atoms with Crippen LogP contribution in [0.3, 0.4) is 0 Å². The van der Waals surface area contributed by atoms with E-state index in [1.54, 1.807) is 0 Å². The van der Waals surface area contributed by atoms with Crippen LogP contribution in [0.5, 0.6) is 0 Å². The highest BCUT2D eigenvalue weighted by Crippen LogP contribution is 2.38. The lowest BCUT2D eigenvalue weighted by Crippen LogP contribution is -2.59. The molecule has 2 atom stereocenters. The molecule has 1 rings (SSSR count). The summed E-state index contributed by atoms with van der Waals surface area (Å²) in [5, 5.41) is 5.68. The van der Waals surface area contributed by atoms with Gasteiger partial charge in [-0.1, -0.05) is 20.3 Å². The molecule has 0 aromatic rings. The Morgan fingerprint density at radius 2 is 1.62 bits per heavy atom. The fourth-order valence-electron chi connectivity index (χ4n) is 3.66. The molecule has 26 heavy (non-hydrogen) atoms. The lowest BCUT2D eigenvalue weighted by Gasteiger charge is -2.50. The molecule has 1 heterocycles. The molecule has 1 saturated heterocycles. The largest absolute Gasteiger partial charge is 0.352 e. The van der Waals surface area contributed by atoms with Crippen molar-refractivity contribution in [1.29, 1.82) is 0 Å². The van der Waals surface area contributed by atoms with Gasteiger partial charge in [-0.15, -0.1) is 0 Å². The van der Waals surface area contributed by atoms with Crippen molar-refractivity contribution < 1.29 is 9.59 Å². The predicted molar refractivity (Wildman–Crippen MR) is 112 cm³/mol. The first-order valence-electron chi connectivity index (χ1n) is 9.99. The Kier molecular flexibility index (Phi) is 8.94. The van der Waals surface area contributed by atoms with Crippen LogP contribution in [0.25, 0.3) is 0 Å². The van der Waals surface area contributed by atoms with E-state index in [1.165, 1.54) is 19.3 Å². The Morgan fingerprint density at radius 1 is 1.04 bits per heavy atom. The summed E-state index contributed by atoms with van der Waals surface area (Å²) in [6, 6.07) is 0.118. The van der Waals surface area contributed by atoms with Crippen LogP contribution in [0, 0.1) is 5.92 Å². The number of hydrogen-bond donors (Lipinski definition) is 3. The second kappa shape index (κ2) is 9.98. The van der Waals surface area contributed by atoms with Crippen LogP contribution in [0.1, 0.15) is 73.6 Å². The van der Waals surface area contributed by atoms with Gasteiger partial charge < -0.3 is 10.6 Å². The van der Waals surface area contributed by atoms with Crippen LogP contribution in [0.2, 0.25) is 0 Å². The van der Waals surface area contributed by atoms with E-state index in [-0.39, 0.29) is 36.4 Å². The zero-order valence-electron chi connectivity index (χ0n) is 17.5. The van der Waals surface area contributed by atoms with E-state index in [0.717, 1.165) is 19.5 Å². The third kappa shape index (κ3) is 7.10. The second-order valence-corrected chi connectivity index (χ2v) is 9.92. The van der Waals surface area contributed by atoms with Crippen LogP contribution < -0.4 is 10.6 Å². The number of thiol groups is 1. The molecule has 0 bridgehead atoms. The minimum Gasteiger partial charge on any atom is -0.352 e. The maximum absolute atomic E-state index is 12.4. The summed E-state index contributed by atoms with van der Waals surface area (Å²) < 4.78 is -0.476. The van der Waals surface area contributed by atoms with Crippen LogP contribution in [0.15, 0.2) is 0 Å². The number of amides is 2. The van der Waals surface area contributed by atoms with Crippen molar-refractivity contribution in [1.82, 2.24) is 15.5 Å². The number of carbonyl (C=O) groups excluding carboxylic acids is 2. The lowest BCUT2D eigenvalue weighted by atomic mass is 9.82. The van der Waals surface area contributed by atoms with Crippen LogP contribution in [-0.4, -0.2) is 52.7 Å². The standard InChI is InChI=1S/C20H39N3O2S/c1-15(2)12-16(3)22-18(25)14-21-17(24)13-20(6,26)19(4,5)23-10-8-7-9-11-23/h15-16,26H,7-14H2,1-6H3,(H,21,24)(H,22,25)/t16-,20?/m1/s1. The summed E-state index contributed by atoms with van der Waals surface area (Å²) >= 11 is 4.85. The fraction of sp³-hybridized carbons (Fsp3) is 0.900. The van der Waals surface area contributed by atoms with Gasteiger partial charge in [0.15, 0.2) is 0 Å². The van der Waals surface area contributed by atoms with Crippen molar-refractivity contribution in [2.24, 2.45) is 5.92 Å². The monoisotopic (exact) mass is 385 g/mol. The molecular weight excluding hydrogens is 346 g/mol. The number of rotatable bonds is 9. The Labute approximate surface area is 165 Å². The van der Waals surface area contributed by atoms with Gasteiger partial charge in [-0.3, -0.25) is 14.5 Å². The van der Waals surface area contributed by atoms with Gasteiger partial charge in [-0.2, -0.15) is 12.6 Å². The molecule has 1 unspecified atom stereocenters. The Bertz CT molecular complexity index is 472. The molecule has 0 aromatic carbocycles. The van der Waals surface area contributed by atoms with Crippen LogP contribution in [0.4, 0.5) is 0 Å². The molecule has 1 aliphatic heterocycles. The number of carbonyl (C=O) groups is 2. The van der Waals surface area contributed by atoms with E-state index >= 15 is 0 Å². The molecule has 1 aliphatic rings. The van der Waals surface area contributed by atoms with Gasteiger partial charge in [0.25, 0.3) is 0 Å². The van der Waals surface area contributed by atoms with Gasteiger partial charge in [-0.25, -0.2) is 0 Å². The lowest BCUT2D eigenvalue weighted by molar-refractivity contribution is -0.127. The van der Waals surface area contributed by atoms with Gasteiger partial charge in [0.05, 0.1) is 6.54 Å². The van der Waals surface area contributed by atoms with Crippen molar-refractivity contribution in [3.8, 4) is 0 Å². The zero-order chi connectivity index (χ0) is 20.0. The minimum absolute atomic E-state index is 0.0231. The van der Waals surface area contributed by atoms with Crippen molar-refractivity contribution >= 4 is 24.4 Å². The number of nitrogens with one attached hydrogen (secondary N) is 2. The van der Waals surface area contributed by atoms with E-state index < -0.39 is 4.75 Å². The summed E-state index contributed by atoms with van der Waals surface area (Å²) in [6.45, 7) is 14.7. The van der Waals surface area contributed by atoms with Crippen molar-refractivity contribution in [2.75, 3.05) is 19.6 Å². The topological polar surface area (TPSA) is 61.4 Å². The van der Waals surface area contributed by atoms with Gasteiger partial charge in [0.2, 0.25) is 11.8 Å². The molecule has 2 N–H and O–H groups in total. The SMILES string of the molecule is CC(C)C[C@@H](C)NC(=O)CNC(=O)CC(C)(S)C(C)(C)N1CCCCC1. The normalized spacial score (nSPS) is 19.7. The molecule has 1 fully saturated rings. The first kappa shape index (κ1) is 23.3. The quantitative estimate of drug-likeness (QED) is 0.535. The first-order valence-corrected chi connectivity index (χ1v) is 10.4. The van der Waals surface area contributed by atoms with Gasteiger partial charge in [0, 0.05) is 22.7 Å². The van der Waals surface area contributed by atoms with Crippen molar-refractivity contribution in [3.63, 3.8) is 0 Å². The molecule has 0 radical (unpaired) electrons. The number of piperidine rings is 1. The molecule has 0 aliphatic carbocycles. The molecule has 0 aromatic heterocycles. The summed E-state index contributed by atoms with van der Waals surface area (Å²) in [4.78, 5) is 26.8. The van der Waals surface area contributed by atoms with Crippen LogP contribution >= 0.6 is 12.6 Å². The summed E-state index contributed by atoms with van der Waals surface area (Å²) in [7, 11) is 0. The molecule has 152 valence electrons. The molecule has 5 nitrogen and oxygen atoms in total. The van der Waals surface area contributed by atoms with E-state index in [0.29, 0.717) is 5.92 Å². The zero-order valence-corrected chi connectivity index (χ0v) is 18.4. The predicted octanol–water partition coefficient (Wildman–Crippen LogP) is 3.00. The van der Waals surface area contributed by atoms with E-state index in [1.807, 2.05) is 13.8 Å². The van der Waals surface area contributed by atoms with E-state index in [2.05, 4.69) is 43.2 Å².